The molecule has 2 aliphatic carbocycles. The van der Waals surface area contributed by atoms with Gasteiger partial charge in [-0.3, -0.25) is 0 Å². The van der Waals surface area contributed by atoms with Crippen LogP contribution in [0.4, 0.5) is 0 Å². The smallest absolute Gasteiger partial charge is 0.0473 e. The molecule has 2 aliphatic heterocycles. The molecule has 4 aliphatic rings. The predicted molar refractivity (Wildman–Crippen MR) is 327 cm³/mol. The second-order valence-electron chi connectivity index (χ2n) is 23.0. The van der Waals surface area contributed by atoms with Gasteiger partial charge in [0, 0.05) is 40.9 Å². The zero-order valence-corrected chi connectivity index (χ0v) is 45.8. The molecule has 0 fully saturated rings. The zero-order chi connectivity index (χ0) is 52.0. The van der Waals surface area contributed by atoms with Gasteiger partial charge in [0.15, 0.2) is 0 Å². The van der Waals surface area contributed by atoms with Gasteiger partial charge in [0.25, 0.3) is 0 Å². The number of nitrogens with zero attached hydrogens (tertiary/aromatic N) is 1. The van der Waals surface area contributed by atoms with E-state index in [1.54, 1.807) is 0 Å². The quantitative estimate of drug-likeness (QED) is 0.137. The van der Waals surface area contributed by atoms with Crippen molar-refractivity contribution in [3.8, 4) is 44.5 Å². The normalized spacial score (nSPS) is 17.6. The van der Waals surface area contributed by atoms with E-state index in [0.29, 0.717) is 17.6 Å². The molecule has 372 valence electrons. The van der Waals surface area contributed by atoms with Crippen molar-refractivity contribution < 1.29 is 0 Å². The first-order chi connectivity index (χ1) is 36.8. The molecular weight excluding hydrogens is 936 g/mol. The van der Waals surface area contributed by atoms with Gasteiger partial charge in [0.2, 0.25) is 0 Å². The minimum absolute atomic E-state index is 0.210. The third-order valence-corrected chi connectivity index (χ3v) is 18.9. The zero-order valence-electron chi connectivity index (χ0n) is 44.8. The van der Waals surface area contributed by atoms with Crippen LogP contribution in [0, 0.1) is 5.92 Å². The molecule has 9 aromatic rings. The number of hydrogen-bond acceptors (Lipinski definition) is 2. The van der Waals surface area contributed by atoms with Crippen LogP contribution >= 0.6 is 8.58 Å². The van der Waals surface area contributed by atoms with Crippen LogP contribution in [0.25, 0.3) is 82.5 Å². The molecule has 3 atom stereocenters. The minimum Gasteiger partial charge on any atom is -0.384 e. The Kier molecular flexibility index (Phi) is 11.7. The summed E-state index contributed by atoms with van der Waals surface area (Å²) >= 11 is 0. The number of nitrogens with one attached hydrogen (secondary N) is 1. The Hall–Kier alpha value is -7.77. The number of hydrogen-bond donors (Lipinski definition) is 1. The maximum atomic E-state index is 4.39. The standard InChI is InChI=1S/C73H65N2P/c1-45(2)59(50-21-13-10-14-22-50)42-69-74-43-68(76-69)53-33-31-52(32-34-53)61-39-67-71(58-26-18-16-24-56(58)61)63-41-64-62(40-65(63)73(67,7)8)70-57-25-17-15-23-55(57)60(38-66(70)72(64,5)6)51-29-27-48(28-30-51)46(3)44-75-36-35-54(37-47(75)4)49-19-11-9-12-20-49/h9-41,43-45,59,69,74,76H,4,42H2,1-3,5-8H3/b46-44+. The van der Waals surface area contributed by atoms with Crippen molar-refractivity contribution in [1.29, 1.82) is 0 Å². The Morgan fingerprint density at radius 3 is 1.61 bits per heavy atom. The van der Waals surface area contributed by atoms with Crippen LogP contribution < -0.4 is 5.32 Å². The molecule has 1 N–H and O–H groups in total. The monoisotopic (exact) mass is 1000 g/mol. The summed E-state index contributed by atoms with van der Waals surface area (Å²) in [5.74, 6) is 1.58. The van der Waals surface area contributed by atoms with Gasteiger partial charge in [-0.15, -0.1) is 0 Å². The number of allylic oxidation sites excluding steroid dienone is 4. The molecule has 2 nitrogen and oxygen atoms in total. The highest BCUT2D eigenvalue weighted by atomic mass is 31.1. The SMILES string of the molecule is C=C1C=C(c2ccccc2)C=CN1/C=C(\C)c1ccc(-c2cc3c(c4ccccc24)-c2cc4c(cc2C3(C)C)-c2c(cc(-c3ccc(C5=CNC(CC(c6ccccc6)C(C)C)P5)cc3)c3ccccc23)C4(C)C)cc1. The Labute approximate surface area is 451 Å². The molecular formula is C73H65N2P. The van der Waals surface area contributed by atoms with Crippen LogP contribution in [0.5, 0.6) is 0 Å². The van der Waals surface area contributed by atoms with Gasteiger partial charge in [0.05, 0.1) is 0 Å². The third kappa shape index (κ3) is 7.95. The Bertz CT molecular complexity index is 3940. The topological polar surface area (TPSA) is 15.3 Å². The van der Waals surface area contributed by atoms with Crippen molar-refractivity contribution in [3.05, 3.63) is 270 Å². The highest BCUT2D eigenvalue weighted by molar-refractivity contribution is 7.51. The molecule has 0 saturated heterocycles. The summed E-state index contributed by atoms with van der Waals surface area (Å²) in [6.45, 7) is 21.1. The molecule has 0 saturated carbocycles. The molecule has 0 spiro atoms. The molecule has 3 unspecified atom stereocenters. The van der Waals surface area contributed by atoms with Gasteiger partial charge in [-0.1, -0.05) is 214 Å². The lowest BCUT2D eigenvalue weighted by Gasteiger charge is -2.25. The van der Waals surface area contributed by atoms with Crippen molar-refractivity contribution >= 4 is 46.6 Å². The van der Waals surface area contributed by atoms with Crippen molar-refractivity contribution in [2.75, 3.05) is 0 Å². The second kappa shape index (κ2) is 18.5. The van der Waals surface area contributed by atoms with Gasteiger partial charge >= 0.3 is 0 Å². The molecule has 0 amide bonds. The van der Waals surface area contributed by atoms with Crippen LogP contribution in [0.15, 0.2) is 225 Å². The number of benzene rings is 9. The summed E-state index contributed by atoms with van der Waals surface area (Å²) in [6.07, 6.45) is 12.0. The largest absolute Gasteiger partial charge is 0.384 e. The van der Waals surface area contributed by atoms with Gasteiger partial charge in [-0.05, 0) is 189 Å². The fraction of sp³-hybridized carbons (Fsp3) is 0.178. The lowest BCUT2D eigenvalue weighted by atomic mass is 9.78. The van der Waals surface area contributed by atoms with Gasteiger partial charge in [-0.2, -0.15) is 0 Å². The number of rotatable bonds is 10. The van der Waals surface area contributed by atoms with E-state index in [1.165, 1.54) is 127 Å². The fourth-order valence-corrected chi connectivity index (χ4v) is 14.6. The molecule has 9 aromatic carbocycles. The lowest BCUT2D eigenvalue weighted by Crippen LogP contribution is -2.21. The first kappa shape index (κ1) is 47.9. The highest BCUT2D eigenvalue weighted by Crippen LogP contribution is 2.60. The van der Waals surface area contributed by atoms with Crippen LogP contribution in [-0.4, -0.2) is 10.7 Å². The van der Waals surface area contributed by atoms with E-state index in [0.717, 1.165) is 20.7 Å². The van der Waals surface area contributed by atoms with E-state index < -0.39 is 0 Å². The number of fused-ring (bicyclic) bond motifs is 10. The van der Waals surface area contributed by atoms with E-state index in [9.17, 15) is 0 Å². The Morgan fingerprint density at radius 1 is 0.579 bits per heavy atom. The van der Waals surface area contributed by atoms with E-state index in [2.05, 4.69) is 278 Å². The van der Waals surface area contributed by atoms with Crippen LogP contribution in [-0.2, 0) is 10.8 Å². The van der Waals surface area contributed by atoms with Gasteiger partial charge in [0.1, 0.15) is 0 Å². The van der Waals surface area contributed by atoms with Gasteiger partial charge < -0.3 is 10.2 Å². The molecule has 0 radical (unpaired) electrons. The molecule has 76 heavy (non-hydrogen) atoms. The third-order valence-electron chi connectivity index (χ3n) is 17.4. The van der Waals surface area contributed by atoms with Crippen LogP contribution in [0.2, 0.25) is 0 Å². The van der Waals surface area contributed by atoms with Crippen LogP contribution in [0.1, 0.15) is 105 Å². The lowest BCUT2D eigenvalue weighted by molar-refractivity contribution is 0.452. The van der Waals surface area contributed by atoms with Crippen molar-refractivity contribution in [3.63, 3.8) is 0 Å². The first-order valence-electron chi connectivity index (χ1n) is 27.3. The Balaban J connectivity index is 0.807. The molecule has 2 heterocycles. The maximum Gasteiger partial charge on any atom is 0.0473 e. The summed E-state index contributed by atoms with van der Waals surface area (Å²) < 4.78 is 0. The second-order valence-corrected chi connectivity index (χ2v) is 24.6. The average molecular weight is 1000 g/mol. The maximum absolute atomic E-state index is 4.39. The molecule has 13 rings (SSSR count). The van der Waals surface area contributed by atoms with E-state index in [4.69, 9.17) is 0 Å². The van der Waals surface area contributed by atoms with E-state index in [-0.39, 0.29) is 10.8 Å². The van der Waals surface area contributed by atoms with Crippen LogP contribution in [0.3, 0.4) is 0 Å². The molecule has 3 heteroatoms. The van der Waals surface area contributed by atoms with E-state index in [1.807, 2.05) is 0 Å². The predicted octanol–water partition coefficient (Wildman–Crippen LogP) is 19.5. The van der Waals surface area contributed by atoms with Crippen molar-refractivity contribution in [1.82, 2.24) is 10.2 Å². The van der Waals surface area contributed by atoms with E-state index >= 15 is 0 Å². The molecule has 0 bridgehead atoms. The summed E-state index contributed by atoms with van der Waals surface area (Å²) in [4.78, 5) is 2.12. The summed E-state index contributed by atoms with van der Waals surface area (Å²) in [5, 5.41) is 10.4. The highest BCUT2D eigenvalue weighted by Gasteiger charge is 2.43. The minimum atomic E-state index is -0.218. The fourth-order valence-electron chi connectivity index (χ4n) is 13.1. The first-order valence-corrected chi connectivity index (χ1v) is 28.3. The average Bonchev–Trinajstić information content (AvgIpc) is 4.30. The Morgan fingerprint density at radius 2 is 1.07 bits per heavy atom. The van der Waals surface area contributed by atoms with Gasteiger partial charge in [-0.25, -0.2) is 0 Å². The summed E-state index contributed by atoms with van der Waals surface area (Å²) in [7, 11) is 0.736. The summed E-state index contributed by atoms with van der Waals surface area (Å²) in [6, 6.07) is 68.6. The van der Waals surface area contributed by atoms with Crippen molar-refractivity contribution in [2.45, 2.75) is 77.4 Å². The van der Waals surface area contributed by atoms with Crippen molar-refractivity contribution in [2.24, 2.45) is 5.92 Å². The summed E-state index contributed by atoms with van der Waals surface area (Å²) in [5.41, 5.74) is 24.2. The molecule has 0 aromatic heterocycles.